The van der Waals surface area contributed by atoms with Gasteiger partial charge >= 0.3 is 0 Å². The second-order valence-electron chi connectivity index (χ2n) is 3.16. The van der Waals surface area contributed by atoms with Crippen molar-refractivity contribution >= 4 is 21.7 Å². The molecule has 76 valence electrons. The zero-order valence-corrected chi connectivity index (χ0v) is 9.68. The molecule has 0 aromatic heterocycles. The van der Waals surface area contributed by atoms with Crippen molar-refractivity contribution in [1.29, 1.82) is 0 Å². The van der Waals surface area contributed by atoms with E-state index in [4.69, 9.17) is 5.73 Å². The third kappa shape index (κ3) is 1.81. The third-order valence-corrected chi connectivity index (χ3v) is 3.20. The zero-order valence-electron chi connectivity index (χ0n) is 8.10. The van der Waals surface area contributed by atoms with Crippen molar-refractivity contribution in [3.8, 4) is 5.75 Å². The summed E-state index contributed by atoms with van der Waals surface area (Å²) in [5, 5.41) is 9.68. The van der Waals surface area contributed by atoms with E-state index in [0.717, 1.165) is 11.1 Å². The second-order valence-corrected chi connectivity index (χ2v) is 3.95. The number of phenols is 1. The Labute approximate surface area is 91.1 Å². The van der Waals surface area contributed by atoms with Gasteiger partial charge in [0, 0.05) is 0 Å². The molecular weight excluding hydrogens is 246 g/mol. The van der Waals surface area contributed by atoms with Crippen LogP contribution in [-0.2, 0) is 0 Å². The Bertz CT molecular complexity index is 388. The van der Waals surface area contributed by atoms with E-state index in [1.54, 1.807) is 6.07 Å². The number of hydrogen-bond donors (Lipinski definition) is 2. The van der Waals surface area contributed by atoms with Gasteiger partial charge in [0.05, 0.1) is 16.6 Å². The van der Waals surface area contributed by atoms with Crippen molar-refractivity contribution < 1.29 is 9.90 Å². The largest absolute Gasteiger partial charge is 0.506 e. The molecule has 0 amide bonds. The fourth-order valence-corrected chi connectivity index (χ4v) is 1.71. The van der Waals surface area contributed by atoms with E-state index in [2.05, 4.69) is 15.9 Å². The molecule has 4 heteroatoms. The highest BCUT2D eigenvalue weighted by atomic mass is 79.9. The summed E-state index contributed by atoms with van der Waals surface area (Å²) < 4.78 is 0.564. The second kappa shape index (κ2) is 4.11. The van der Waals surface area contributed by atoms with Crippen molar-refractivity contribution in [2.75, 3.05) is 6.54 Å². The summed E-state index contributed by atoms with van der Waals surface area (Å²) in [6, 6.07) is 1.66. The minimum absolute atomic E-state index is 0.0245. The Morgan fingerprint density at radius 3 is 2.64 bits per heavy atom. The van der Waals surface area contributed by atoms with Crippen LogP contribution in [0.15, 0.2) is 10.5 Å². The SMILES string of the molecule is Cc1cc(C(=O)CN)c(O)c(Br)c1C. The molecular formula is C10H12BrNO2. The first kappa shape index (κ1) is 11.2. The zero-order chi connectivity index (χ0) is 10.9. The van der Waals surface area contributed by atoms with E-state index in [1.165, 1.54) is 0 Å². The Morgan fingerprint density at radius 2 is 2.14 bits per heavy atom. The van der Waals surface area contributed by atoms with Crippen LogP contribution in [0.5, 0.6) is 5.75 Å². The number of hydrogen-bond acceptors (Lipinski definition) is 3. The minimum Gasteiger partial charge on any atom is -0.506 e. The fourth-order valence-electron chi connectivity index (χ4n) is 1.18. The van der Waals surface area contributed by atoms with Crippen molar-refractivity contribution in [2.24, 2.45) is 5.73 Å². The number of ketones is 1. The Kier molecular flexibility index (Phi) is 3.29. The molecule has 14 heavy (non-hydrogen) atoms. The minimum atomic E-state index is -0.258. The van der Waals surface area contributed by atoms with Gasteiger partial charge < -0.3 is 10.8 Å². The number of Topliss-reactive ketones (excluding diaryl/α,β-unsaturated/α-hetero) is 1. The van der Waals surface area contributed by atoms with Crippen LogP contribution >= 0.6 is 15.9 Å². The van der Waals surface area contributed by atoms with Crippen LogP contribution in [-0.4, -0.2) is 17.4 Å². The molecule has 0 unspecified atom stereocenters. The van der Waals surface area contributed by atoms with E-state index < -0.39 is 0 Å². The molecule has 0 radical (unpaired) electrons. The number of benzene rings is 1. The summed E-state index contributed by atoms with van der Waals surface area (Å²) in [7, 11) is 0. The summed E-state index contributed by atoms with van der Waals surface area (Å²) >= 11 is 3.24. The maximum Gasteiger partial charge on any atom is 0.180 e. The van der Waals surface area contributed by atoms with Crippen LogP contribution in [0.3, 0.4) is 0 Å². The predicted octanol–water partition coefficient (Wildman–Crippen LogP) is 1.91. The number of aryl methyl sites for hydroxylation is 1. The summed E-state index contributed by atoms with van der Waals surface area (Å²) in [5.74, 6) is -0.283. The average molecular weight is 258 g/mol. The van der Waals surface area contributed by atoms with Crippen LogP contribution in [0, 0.1) is 13.8 Å². The van der Waals surface area contributed by atoms with E-state index in [1.807, 2.05) is 13.8 Å². The molecule has 3 nitrogen and oxygen atoms in total. The third-order valence-electron chi connectivity index (χ3n) is 2.23. The molecule has 0 saturated heterocycles. The van der Waals surface area contributed by atoms with Crippen LogP contribution < -0.4 is 5.73 Å². The lowest BCUT2D eigenvalue weighted by Gasteiger charge is -2.09. The normalized spacial score (nSPS) is 10.3. The van der Waals surface area contributed by atoms with Gasteiger partial charge in [-0.25, -0.2) is 0 Å². The number of aromatic hydroxyl groups is 1. The van der Waals surface area contributed by atoms with Gasteiger partial charge in [-0.05, 0) is 47.0 Å². The maximum absolute atomic E-state index is 11.3. The lowest BCUT2D eigenvalue weighted by molar-refractivity contribution is 0.0998. The van der Waals surface area contributed by atoms with Crippen molar-refractivity contribution in [3.63, 3.8) is 0 Å². The lowest BCUT2D eigenvalue weighted by Crippen LogP contribution is -2.14. The van der Waals surface area contributed by atoms with Crippen LogP contribution in [0.2, 0.25) is 0 Å². The molecule has 0 saturated carbocycles. The van der Waals surface area contributed by atoms with Gasteiger partial charge in [0.2, 0.25) is 0 Å². The molecule has 1 aromatic carbocycles. The smallest absolute Gasteiger partial charge is 0.180 e. The summed E-state index contributed by atoms with van der Waals surface area (Å²) in [6.45, 7) is 3.66. The molecule has 3 N–H and O–H groups in total. The van der Waals surface area contributed by atoms with E-state index in [9.17, 15) is 9.90 Å². The molecule has 0 fully saturated rings. The van der Waals surface area contributed by atoms with Crippen molar-refractivity contribution in [2.45, 2.75) is 13.8 Å². The molecule has 1 aromatic rings. The summed E-state index contributed by atoms with van der Waals surface area (Å²) in [4.78, 5) is 11.3. The van der Waals surface area contributed by atoms with Crippen LogP contribution in [0.4, 0.5) is 0 Å². The number of nitrogens with two attached hydrogens (primary N) is 1. The molecule has 0 aliphatic heterocycles. The fraction of sp³-hybridized carbons (Fsp3) is 0.300. The van der Waals surface area contributed by atoms with E-state index in [0.29, 0.717) is 4.47 Å². The predicted molar refractivity (Wildman–Crippen MR) is 58.7 cm³/mol. The molecule has 1 rings (SSSR count). The monoisotopic (exact) mass is 257 g/mol. The van der Waals surface area contributed by atoms with Gasteiger partial charge in [-0.15, -0.1) is 0 Å². The Hall–Kier alpha value is -0.870. The quantitative estimate of drug-likeness (QED) is 0.796. The molecule has 0 aliphatic rings. The van der Waals surface area contributed by atoms with Crippen LogP contribution in [0.25, 0.3) is 0 Å². The Balaban J connectivity index is 3.40. The van der Waals surface area contributed by atoms with Gasteiger partial charge in [0.25, 0.3) is 0 Å². The highest BCUT2D eigenvalue weighted by Gasteiger charge is 2.15. The highest BCUT2D eigenvalue weighted by Crippen LogP contribution is 2.33. The van der Waals surface area contributed by atoms with Gasteiger partial charge in [-0.1, -0.05) is 0 Å². The Morgan fingerprint density at radius 1 is 1.57 bits per heavy atom. The lowest BCUT2D eigenvalue weighted by atomic mass is 10.0. The van der Waals surface area contributed by atoms with Gasteiger partial charge in [-0.2, -0.15) is 0 Å². The number of phenolic OH excluding ortho intramolecular Hbond substituents is 1. The topological polar surface area (TPSA) is 63.3 Å². The van der Waals surface area contributed by atoms with Gasteiger partial charge in [-0.3, -0.25) is 4.79 Å². The highest BCUT2D eigenvalue weighted by molar-refractivity contribution is 9.10. The molecule has 0 aliphatic carbocycles. The van der Waals surface area contributed by atoms with Crippen molar-refractivity contribution in [3.05, 3.63) is 27.2 Å². The standard InChI is InChI=1S/C10H12BrNO2/c1-5-3-7(8(13)4-12)10(14)9(11)6(5)2/h3,14H,4,12H2,1-2H3. The number of halogens is 1. The maximum atomic E-state index is 11.3. The molecule has 0 bridgehead atoms. The first-order valence-corrected chi connectivity index (χ1v) is 5.00. The first-order chi connectivity index (χ1) is 6.49. The van der Waals surface area contributed by atoms with Crippen molar-refractivity contribution in [1.82, 2.24) is 0 Å². The average Bonchev–Trinajstić information content (AvgIpc) is 2.19. The van der Waals surface area contributed by atoms with E-state index in [-0.39, 0.29) is 23.6 Å². The first-order valence-electron chi connectivity index (χ1n) is 4.21. The van der Waals surface area contributed by atoms with Crippen LogP contribution in [0.1, 0.15) is 21.5 Å². The number of carbonyl (C=O) groups is 1. The van der Waals surface area contributed by atoms with E-state index >= 15 is 0 Å². The molecule has 0 heterocycles. The van der Waals surface area contributed by atoms with Gasteiger partial charge in [0.15, 0.2) is 5.78 Å². The molecule has 0 atom stereocenters. The summed E-state index contributed by atoms with van der Waals surface area (Å²) in [6.07, 6.45) is 0. The number of rotatable bonds is 2. The van der Waals surface area contributed by atoms with Gasteiger partial charge in [0.1, 0.15) is 5.75 Å². The molecule has 0 spiro atoms. The summed E-state index contributed by atoms with van der Waals surface area (Å²) in [5.41, 5.74) is 7.39. The number of carbonyl (C=O) groups excluding carboxylic acids is 1.